The van der Waals surface area contributed by atoms with Gasteiger partial charge in [0.15, 0.2) is 0 Å². The highest BCUT2D eigenvalue weighted by Gasteiger charge is 2.21. The van der Waals surface area contributed by atoms with Crippen LogP contribution in [0.1, 0.15) is 39.5 Å². The van der Waals surface area contributed by atoms with E-state index >= 15 is 0 Å². The first-order valence-corrected chi connectivity index (χ1v) is 5.42. The van der Waals surface area contributed by atoms with Crippen molar-refractivity contribution in [2.24, 2.45) is 0 Å². The van der Waals surface area contributed by atoms with Gasteiger partial charge in [0.2, 0.25) is 0 Å². The summed E-state index contributed by atoms with van der Waals surface area (Å²) in [6.07, 6.45) is 3.27. The van der Waals surface area contributed by atoms with Crippen LogP contribution < -0.4 is 0 Å². The van der Waals surface area contributed by atoms with E-state index in [-0.39, 0.29) is 0 Å². The zero-order valence-electron chi connectivity index (χ0n) is 7.35. The second-order valence-corrected chi connectivity index (χ2v) is 5.44. The molecule has 0 amide bonds. The summed E-state index contributed by atoms with van der Waals surface area (Å²) in [5.74, 6) is 0. The quantitative estimate of drug-likeness (QED) is 0.621. The Bertz CT molecular complexity index is 106. The molecular weight excluding hydrogens is 159 g/mol. The van der Waals surface area contributed by atoms with Crippen molar-refractivity contribution in [3.8, 4) is 0 Å². The Morgan fingerprint density at radius 3 is 2.18 bits per heavy atom. The van der Waals surface area contributed by atoms with Gasteiger partial charge in [-0.3, -0.25) is 0 Å². The molecule has 0 nitrogen and oxygen atoms in total. The van der Waals surface area contributed by atoms with E-state index in [4.69, 9.17) is 0 Å². The summed E-state index contributed by atoms with van der Waals surface area (Å²) in [5.41, 5.74) is 0. The molecular formula is C9H17FS. The smallest absolute Gasteiger partial charge is 0.100 e. The third kappa shape index (κ3) is 3.46. The maximum atomic E-state index is 12.7. The van der Waals surface area contributed by atoms with Crippen molar-refractivity contribution in [1.29, 1.82) is 0 Å². The van der Waals surface area contributed by atoms with Crippen molar-refractivity contribution in [1.82, 2.24) is 0 Å². The van der Waals surface area contributed by atoms with Gasteiger partial charge in [-0.25, -0.2) is 4.39 Å². The van der Waals surface area contributed by atoms with Gasteiger partial charge < -0.3 is 0 Å². The summed E-state index contributed by atoms with van der Waals surface area (Å²) in [6.45, 7) is 4.43. The number of hydrogen-bond donors (Lipinski definition) is 0. The van der Waals surface area contributed by atoms with Crippen molar-refractivity contribution in [2.45, 2.75) is 56.2 Å². The van der Waals surface area contributed by atoms with Crippen molar-refractivity contribution in [3.05, 3.63) is 0 Å². The van der Waals surface area contributed by atoms with E-state index in [1.807, 2.05) is 11.8 Å². The summed E-state index contributed by atoms with van der Waals surface area (Å²) in [4.78, 5) is 0. The summed E-state index contributed by atoms with van der Waals surface area (Å²) < 4.78 is 12.7. The molecule has 0 bridgehead atoms. The Morgan fingerprint density at radius 2 is 1.73 bits per heavy atom. The molecule has 0 atom stereocenters. The molecule has 0 aromatic rings. The fourth-order valence-corrected chi connectivity index (χ4v) is 2.86. The molecule has 0 aromatic carbocycles. The van der Waals surface area contributed by atoms with Crippen LogP contribution in [0, 0.1) is 0 Å². The molecule has 0 aliphatic heterocycles. The van der Waals surface area contributed by atoms with Gasteiger partial charge in [-0.15, -0.1) is 0 Å². The minimum atomic E-state index is -0.501. The van der Waals surface area contributed by atoms with E-state index in [1.165, 1.54) is 0 Å². The lowest BCUT2D eigenvalue weighted by molar-refractivity contribution is 0.255. The summed E-state index contributed by atoms with van der Waals surface area (Å²) in [5, 5.41) is 1.44. The SMILES string of the molecule is CC(C)SC1CCC(F)CC1. The largest absolute Gasteiger partial charge is 0.247 e. The molecule has 1 aliphatic rings. The third-order valence-electron chi connectivity index (χ3n) is 2.07. The summed E-state index contributed by atoms with van der Waals surface area (Å²) in [7, 11) is 0. The van der Waals surface area contributed by atoms with Crippen molar-refractivity contribution in [3.63, 3.8) is 0 Å². The molecule has 11 heavy (non-hydrogen) atoms. The molecule has 0 heterocycles. The molecule has 2 heteroatoms. The first-order valence-electron chi connectivity index (χ1n) is 4.48. The Morgan fingerprint density at radius 1 is 1.18 bits per heavy atom. The number of halogens is 1. The van der Waals surface area contributed by atoms with Crippen LogP contribution in [0.15, 0.2) is 0 Å². The van der Waals surface area contributed by atoms with Gasteiger partial charge in [0, 0.05) is 5.25 Å². The predicted octanol–water partition coefficient (Wildman–Crippen LogP) is 3.41. The Balaban J connectivity index is 2.17. The van der Waals surface area contributed by atoms with E-state index in [0.717, 1.165) is 30.9 Å². The molecule has 0 spiro atoms. The zero-order valence-corrected chi connectivity index (χ0v) is 8.16. The molecule has 0 unspecified atom stereocenters. The number of rotatable bonds is 2. The molecule has 1 rings (SSSR count). The molecule has 66 valence electrons. The average molecular weight is 176 g/mol. The van der Waals surface area contributed by atoms with Gasteiger partial charge in [-0.05, 0) is 30.9 Å². The van der Waals surface area contributed by atoms with Crippen LogP contribution in [0.3, 0.4) is 0 Å². The molecule has 0 aromatic heterocycles. The minimum absolute atomic E-state index is 0.501. The van der Waals surface area contributed by atoms with Crippen LogP contribution in [0.25, 0.3) is 0 Å². The minimum Gasteiger partial charge on any atom is -0.247 e. The molecule has 0 N–H and O–H groups in total. The maximum Gasteiger partial charge on any atom is 0.100 e. The van der Waals surface area contributed by atoms with Gasteiger partial charge in [0.25, 0.3) is 0 Å². The normalized spacial score (nSPS) is 32.7. The van der Waals surface area contributed by atoms with Crippen molar-refractivity contribution < 1.29 is 4.39 Å². The number of thioether (sulfide) groups is 1. The van der Waals surface area contributed by atoms with Crippen LogP contribution in [0.4, 0.5) is 4.39 Å². The highest BCUT2D eigenvalue weighted by Crippen LogP contribution is 2.31. The first-order chi connectivity index (χ1) is 5.18. The average Bonchev–Trinajstić information content (AvgIpc) is 1.93. The molecule has 1 saturated carbocycles. The number of hydrogen-bond acceptors (Lipinski definition) is 1. The zero-order chi connectivity index (χ0) is 8.27. The van der Waals surface area contributed by atoms with Crippen LogP contribution >= 0.6 is 11.8 Å². The molecule has 1 aliphatic carbocycles. The standard InChI is InChI=1S/C9H17FS/c1-7(2)11-9-5-3-8(10)4-6-9/h7-9H,3-6H2,1-2H3. The lowest BCUT2D eigenvalue weighted by atomic mass is 9.98. The van der Waals surface area contributed by atoms with E-state index in [1.54, 1.807) is 0 Å². The van der Waals surface area contributed by atoms with Crippen LogP contribution in [0.2, 0.25) is 0 Å². The fourth-order valence-electron chi connectivity index (χ4n) is 1.54. The second kappa shape index (κ2) is 4.34. The molecule has 0 saturated heterocycles. The van der Waals surface area contributed by atoms with Crippen LogP contribution in [-0.2, 0) is 0 Å². The lowest BCUT2D eigenvalue weighted by Gasteiger charge is -2.24. The summed E-state index contributed by atoms with van der Waals surface area (Å²) in [6, 6.07) is 0. The fraction of sp³-hybridized carbons (Fsp3) is 1.00. The van der Waals surface area contributed by atoms with Gasteiger partial charge in [-0.1, -0.05) is 13.8 Å². The Hall–Kier alpha value is 0.280. The topological polar surface area (TPSA) is 0 Å². The first kappa shape index (κ1) is 9.37. The van der Waals surface area contributed by atoms with Crippen LogP contribution in [0.5, 0.6) is 0 Å². The summed E-state index contributed by atoms with van der Waals surface area (Å²) >= 11 is 2.01. The van der Waals surface area contributed by atoms with Crippen LogP contribution in [-0.4, -0.2) is 16.7 Å². The Kier molecular flexibility index (Phi) is 3.70. The molecule has 1 fully saturated rings. The van der Waals surface area contributed by atoms with Crippen molar-refractivity contribution in [2.75, 3.05) is 0 Å². The second-order valence-electron chi connectivity index (χ2n) is 3.56. The number of alkyl halides is 1. The van der Waals surface area contributed by atoms with E-state index < -0.39 is 6.17 Å². The lowest BCUT2D eigenvalue weighted by Crippen LogP contribution is -2.18. The van der Waals surface area contributed by atoms with E-state index in [0.29, 0.717) is 5.25 Å². The predicted molar refractivity (Wildman–Crippen MR) is 49.9 cm³/mol. The van der Waals surface area contributed by atoms with Gasteiger partial charge in [0.1, 0.15) is 6.17 Å². The van der Waals surface area contributed by atoms with Crippen molar-refractivity contribution >= 4 is 11.8 Å². The third-order valence-corrected chi connectivity index (χ3v) is 3.47. The van der Waals surface area contributed by atoms with Gasteiger partial charge >= 0.3 is 0 Å². The van der Waals surface area contributed by atoms with Gasteiger partial charge in [-0.2, -0.15) is 11.8 Å². The monoisotopic (exact) mass is 176 g/mol. The molecule has 0 radical (unpaired) electrons. The Labute approximate surface area is 72.9 Å². The van der Waals surface area contributed by atoms with Gasteiger partial charge in [0.05, 0.1) is 0 Å². The highest BCUT2D eigenvalue weighted by molar-refractivity contribution is 8.00. The maximum absolute atomic E-state index is 12.7. The van der Waals surface area contributed by atoms with E-state index in [9.17, 15) is 4.39 Å². The van der Waals surface area contributed by atoms with E-state index in [2.05, 4.69) is 13.8 Å². The highest BCUT2D eigenvalue weighted by atomic mass is 32.2.